The van der Waals surface area contributed by atoms with Gasteiger partial charge in [0.15, 0.2) is 11.6 Å². The molecule has 148 valence electrons. The third kappa shape index (κ3) is 3.23. The van der Waals surface area contributed by atoms with Gasteiger partial charge in [0.25, 0.3) is 0 Å². The highest BCUT2D eigenvalue weighted by molar-refractivity contribution is 6.28. The van der Waals surface area contributed by atoms with Gasteiger partial charge in [-0.3, -0.25) is 0 Å². The number of rotatable bonds is 2. The minimum absolute atomic E-state index is 0.0114. The third-order valence-corrected chi connectivity index (χ3v) is 5.37. The summed E-state index contributed by atoms with van der Waals surface area (Å²) in [5.74, 6) is 1.07. The summed E-state index contributed by atoms with van der Waals surface area (Å²) in [6.45, 7) is 6.58. The molecule has 0 fully saturated rings. The van der Waals surface area contributed by atoms with Crippen LogP contribution in [0.15, 0.2) is 71.1 Å². The van der Waals surface area contributed by atoms with Crippen LogP contribution in [0.25, 0.3) is 44.7 Å². The Kier molecular flexibility index (Phi) is 4.33. The average molecular weight is 414 g/mol. The van der Waals surface area contributed by atoms with E-state index in [1.165, 1.54) is 5.56 Å². The first-order valence-electron chi connectivity index (χ1n) is 9.83. The molecule has 0 spiro atoms. The minimum atomic E-state index is -0.0114. The second-order valence-electron chi connectivity index (χ2n) is 8.36. The van der Waals surface area contributed by atoms with E-state index in [1.807, 2.05) is 42.5 Å². The van der Waals surface area contributed by atoms with Gasteiger partial charge >= 0.3 is 0 Å². The summed E-state index contributed by atoms with van der Waals surface area (Å²) < 4.78 is 6.31. The zero-order valence-corrected chi connectivity index (χ0v) is 17.7. The molecule has 4 nitrogen and oxygen atoms in total. The lowest BCUT2D eigenvalue weighted by molar-refractivity contribution is 0.573. The maximum absolute atomic E-state index is 6.31. The number of hydrogen-bond acceptors (Lipinski definition) is 4. The van der Waals surface area contributed by atoms with Crippen LogP contribution in [0.3, 0.4) is 0 Å². The van der Waals surface area contributed by atoms with E-state index in [-0.39, 0.29) is 10.7 Å². The van der Waals surface area contributed by atoms with Crippen molar-refractivity contribution in [2.45, 2.75) is 26.2 Å². The van der Waals surface area contributed by atoms with Crippen molar-refractivity contribution >= 4 is 33.5 Å². The van der Waals surface area contributed by atoms with Gasteiger partial charge in [0.1, 0.15) is 11.2 Å². The van der Waals surface area contributed by atoms with E-state index in [1.54, 1.807) is 0 Å². The molecule has 0 bridgehead atoms. The van der Waals surface area contributed by atoms with Crippen molar-refractivity contribution in [3.05, 3.63) is 77.6 Å². The van der Waals surface area contributed by atoms with Gasteiger partial charge in [-0.2, -0.15) is 9.97 Å². The van der Waals surface area contributed by atoms with Crippen LogP contribution in [-0.2, 0) is 5.41 Å². The van der Waals surface area contributed by atoms with E-state index in [9.17, 15) is 0 Å². The van der Waals surface area contributed by atoms with Gasteiger partial charge in [0.2, 0.25) is 5.28 Å². The SMILES string of the molecule is CC(C)(C)c1cccc2c1oc1cc(-c3nc(Cl)nc(-c4ccccc4)n3)ccc12. The molecule has 0 atom stereocenters. The monoisotopic (exact) mass is 413 g/mol. The largest absolute Gasteiger partial charge is 0.456 e. The average Bonchev–Trinajstić information content (AvgIpc) is 3.11. The molecule has 0 saturated carbocycles. The highest BCUT2D eigenvalue weighted by Crippen LogP contribution is 2.37. The molecule has 5 rings (SSSR count). The zero-order chi connectivity index (χ0) is 20.9. The van der Waals surface area contributed by atoms with Gasteiger partial charge in [-0.25, -0.2) is 4.98 Å². The van der Waals surface area contributed by atoms with Crippen molar-refractivity contribution < 1.29 is 4.42 Å². The quantitative estimate of drug-likeness (QED) is 0.311. The maximum Gasteiger partial charge on any atom is 0.226 e. The van der Waals surface area contributed by atoms with Gasteiger partial charge in [-0.05, 0) is 29.1 Å². The number of fused-ring (bicyclic) bond motifs is 3. The molecule has 2 heterocycles. The summed E-state index contributed by atoms with van der Waals surface area (Å²) in [5, 5.41) is 2.35. The Labute approximate surface area is 179 Å². The van der Waals surface area contributed by atoms with Crippen LogP contribution in [0, 0.1) is 0 Å². The summed E-state index contributed by atoms with van der Waals surface area (Å²) >= 11 is 6.22. The van der Waals surface area contributed by atoms with Crippen LogP contribution >= 0.6 is 11.6 Å². The first kappa shape index (κ1) is 18.8. The Morgan fingerprint density at radius 1 is 0.733 bits per heavy atom. The summed E-state index contributed by atoms with van der Waals surface area (Å²) in [4.78, 5) is 13.3. The molecule has 0 N–H and O–H groups in total. The predicted octanol–water partition coefficient (Wildman–Crippen LogP) is 7.06. The summed E-state index contributed by atoms with van der Waals surface area (Å²) in [7, 11) is 0. The Morgan fingerprint density at radius 2 is 1.47 bits per heavy atom. The first-order chi connectivity index (χ1) is 14.4. The molecule has 5 aromatic rings. The van der Waals surface area contributed by atoms with Crippen LogP contribution in [0.5, 0.6) is 0 Å². The van der Waals surface area contributed by atoms with Crippen molar-refractivity contribution in [3.8, 4) is 22.8 Å². The van der Waals surface area contributed by atoms with E-state index in [0.717, 1.165) is 33.1 Å². The molecule has 0 unspecified atom stereocenters. The number of hydrogen-bond donors (Lipinski definition) is 0. The van der Waals surface area contributed by atoms with Crippen LogP contribution in [-0.4, -0.2) is 15.0 Å². The van der Waals surface area contributed by atoms with E-state index in [0.29, 0.717) is 11.6 Å². The fraction of sp³-hybridized carbons (Fsp3) is 0.160. The lowest BCUT2D eigenvalue weighted by Crippen LogP contribution is -2.10. The smallest absolute Gasteiger partial charge is 0.226 e. The van der Waals surface area contributed by atoms with Crippen molar-refractivity contribution in [1.29, 1.82) is 0 Å². The Morgan fingerprint density at radius 3 is 2.20 bits per heavy atom. The number of halogens is 1. The molecule has 0 amide bonds. The third-order valence-electron chi connectivity index (χ3n) is 5.21. The second-order valence-corrected chi connectivity index (χ2v) is 8.70. The van der Waals surface area contributed by atoms with Crippen molar-refractivity contribution in [1.82, 2.24) is 15.0 Å². The van der Waals surface area contributed by atoms with Crippen molar-refractivity contribution in [3.63, 3.8) is 0 Å². The number of nitrogens with zero attached hydrogens (tertiary/aromatic N) is 3. The Bertz CT molecular complexity index is 1380. The van der Waals surface area contributed by atoms with Crippen LogP contribution in [0.1, 0.15) is 26.3 Å². The Hall–Kier alpha value is -3.24. The van der Waals surface area contributed by atoms with E-state index in [2.05, 4.69) is 60.0 Å². The van der Waals surface area contributed by atoms with Gasteiger partial charge in [-0.1, -0.05) is 75.4 Å². The highest BCUT2D eigenvalue weighted by Gasteiger charge is 2.21. The normalized spacial score (nSPS) is 12.0. The van der Waals surface area contributed by atoms with Crippen LogP contribution < -0.4 is 0 Å². The van der Waals surface area contributed by atoms with Gasteiger partial charge in [0.05, 0.1) is 0 Å². The maximum atomic E-state index is 6.31. The fourth-order valence-electron chi connectivity index (χ4n) is 3.72. The van der Waals surface area contributed by atoms with Crippen molar-refractivity contribution in [2.24, 2.45) is 0 Å². The molecule has 0 aliphatic heterocycles. The first-order valence-corrected chi connectivity index (χ1v) is 10.2. The molecule has 30 heavy (non-hydrogen) atoms. The summed E-state index contributed by atoms with van der Waals surface area (Å²) in [6, 6.07) is 22.1. The molecule has 0 saturated heterocycles. The van der Waals surface area contributed by atoms with Crippen LogP contribution in [0.2, 0.25) is 5.28 Å². The molecule has 0 radical (unpaired) electrons. The lowest BCUT2D eigenvalue weighted by atomic mass is 9.86. The van der Waals surface area contributed by atoms with Crippen LogP contribution in [0.4, 0.5) is 0 Å². The van der Waals surface area contributed by atoms with Gasteiger partial charge < -0.3 is 4.42 Å². The molecule has 5 heteroatoms. The highest BCUT2D eigenvalue weighted by atomic mass is 35.5. The molecule has 3 aromatic carbocycles. The lowest BCUT2D eigenvalue weighted by Gasteiger charge is -2.18. The summed E-state index contributed by atoms with van der Waals surface area (Å²) in [5.41, 5.74) is 4.63. The van der Waals surface area contributed by atoms with E-state index < -0.39 is 0 Å². The predicted molar refractivity (Wildman–Crippen MR) is 122 cm³/mol. The van der Waals surface area contributed by atoms with E-state index >= 15 is 0 Å². The molecule has 2 aromatic heterocycles. The van der Waals surface area contributed by atoms with Crippen molar-refractivity contribution in [2.75, 3.05) is 0 Å². The number of para-hydroxylation sites is 1. The van der Waals surface area contributed by atoms with Gasteiger partial charge in [0, 0.05) is 27.5 Å². The number of benzene rings is 3. The molecule has 0 aliphatic rings. The molecule has 0 aliphatic carbocycles. The standard InChI is InChI=1S/C25H20ClN3O/c1-25(2,3)19-11-7-10-18-17-13-12-16(14-20(17)30-21(18)19)23-27-22(28-24(26)29-23)15-8-5-4-6-9-15/h4-14H,1-3H3. The fourth-order valence-corrected chi connectivity index (χ4v) is 3.88. The topological polar surface area (TPSA) is 51.8 Å². The molecular formula is C25H20ClN3O. The van der Waals surface area contributed by atoms with Gasteiger partial charge in [-0.15, -0.1) is 0 Å². The number of furan rings is 1. The summed E-state index contributed by atoms with van der Waals surface area (Å²) in [6.07, 6.45) is 0. The minimum Gasteiger partial charge on any atom is -0.456 e. The molecular weight excluding hydrogens is 394 g/mol. The second kappa shape index (κ2) is 6.92. The van der Waals surface area contributed by atoms with E-state index in [4.69, 9.17) is 16.0 Å². The number of aromatic nitrogens is 3. The zero-order valence-electron chi connectivity index (χ0n) is 17.0. The Balaban J connectivity index is 1.68.